The molecule has 3 aromatic carbocycles. The molecule has 4 rings (SSSR count). The Morgan fingerprint density at radius 1 is 0.833 bits per heavy atom. The molecule has 3 aromatic rings. The number of carbonyl (C=O) groups is 2. The van der Waals surface area contributed by atoms with Crippen molar-refractivity contribution in [1.29, 1.82) is 0 Å². The van der Waals surface area contributed by atoms with Crippen LogP contribution in [0.4, 0.5) is 5.69 Å². The van der Waals surface area contributed by atoms with Gasteiger partial charge in [0, 0.05) is 5.33 Å². The summed E-state index contributed by atoms with van der Waals surface area (Å²) >= 11 is 3.48. The number of alkyl halides is 1. The molecule has 30 heavy (non-hydrogen) atoms. The molecular weight excluding hydrogens is 442 g/mol. The highest BCUT2D eigenvalue weighted by Crippen LogP contribution is 2.30. The van der Waals surface area contributed by atoms with E-state index in [1.165, 1.54) is 4.90 Å². The lowest BCUT2D eigenvalue weighted by Crippen LogP contribution is -2.32. The van der Waals surface area contributed by atoms with Crippen molar-refractivity contribution in [2.24, 2.45) is 0 Å². The number of ether oxygens (including phenoxy) is 1. The van der Waals surface area contributed by atoms with E-state index in [0.717, 1.165) is 16.7 Å². The van der Waals surface area contributed by atoms with Crippen molar-refractivity contribution >= 4 is 39.5 Å². The fourth-order valence-corrected chi connectivity index (χ4v) is 3.99. The summed E-state index contributed by atoms with van der Waals surface area (Å²) in [6.07, 6.45) is 0.783. The number of anilines is 1. The van der Waals surface area contributed by atoms with Crippen LogP contribution in [-0.4, -0.2) is 17.9 Å². The smallest absolute Gasteiger partial charge is 0.268 e. The van der Waals surface area contributed by atoms with Crippen LogP contribution in [0.5, 0.6) is 0 Å². The number of hydrogen-bond donors (Lipinski definition) is 0. The standard InChI is InChI=1S/C25H20BrNO3/c26-16-19-11-7-8-12-20(19)17-30-23-22(15-18-9-3-1-4-10-18)24(28)27(25(23)29)21-13-5-2-6-14-21/h1-15,23H,16-17H2/b22-15-. The van der Waals surface area contributed by atoms with Gasteiger partial charge in [0.1, 0.15) is 0 Å². The van der Waals surface area contributed by atoms with Gasteiger partial charge in [0.15, 0.2) is 6.10 Å². The van der Waals surface area contributed by atoms with Gasteiger partial charge < -0.3 is 4.74 Å². The van der Waals surface area contributed by atoms with Crippen LogP contribution in [-0.2, 0) is 26.3 Å². The number of carbonyl (C=O) groups excluding carboxylic acids is 2. The predicted octanol–water partition coefficient (Wildman–Crippen LogP) is 5.12. The van der Waals surface area contributed by atoms with Crippen molar-refractivity contribution in [3.8, 4) is 0 Å². The molecule has 1 fully saturated rings. The number of para-hydroxylation sites is 1. The van der Waals surface area contributed by atoms with Gasteiger partial charge in [-0.2, -0.15) is 0 Å². The summed E-state index contributed by atoms with van der Waals surface area (Å²) in [5.74, 6) is -0.724. The largest absolute Gasteiger partial charge is 0.359 e. The summed E-state index contributed by atoms with van der Waals surface area (Å²) in [6.45, 7) is 0.236. The molecular formula is C25H20BrNO3. The highest BCUT2D eigenvalue weighted by Gasteiger charge is 2.45. The van der Waals surface area contributed by atoms with E-state index in [0.29, 0.717) is 16.6 Å². The van der Waals surface area contributed by atoms with Gasteiger partial charge in [0.2, 0.25) is 0 Å². The van der Waals surface area contributed by atoms with Crippen LogP contribution >= 0.6 is 15.9 Å². The van der Waals surface area contributed by atoms with Crippen molar-refractivity contribution in [2.45, 2.75) is 18.0 Å². The first-order valence-electron chi connectivity index (χ1n) is 9.63. The molecule has 0 bridgehead atoms. The Balaban J connectivity index is 1.68. The van der Waals surface area contributed by atoms with Crippen LogP contribution in [0.3, 0.4) is 0 Å². The number of imide groups is 1. The van der Waals surface area contributed by atoms with Crippen LogP contribution in [0.2, 0.25) is 0 Å². The lowest BCUT2D eigenvalue weighted by atomic mass is 10.1. The minimum absolute atomic E-state index is 0.236. The van der Waals surface area contributed by atoms with Gasteiger partial charge in [-0.3, -0.25) is 9.59 Å². The van der Waals surface area contributed by atoms with Gasteiger partial charge in [-0.25, -0.2) is 4.90 Å². The third-order valence-corrected chi connectivity index (χ3v) is 5.59. The second kappa shape index (κ2) is 9.20. The summed E-state index contributed by atoms with van der Waals surface area (Å²) in [7, 11) is 0. The maximum absolute atomic E-state index is 13.2. The highest BCUT2D eigenvalue weighted by atomic mass is 79.9. The van der Waals surface area contributed by atoms with E-state index in [2.05, 4.69) is 15.9 Å². The molecule has 0 aliphatic carbocycles. The Morgan fingerprint density at radius 2 is 1.43 bits per heavy atom. The maximum atomic E-state index is 13.2. The molecule has 1 atom stereocenters. The highest BCUT2D eigenvalue weighted by molar-refractivity contribution is 9.08. The molecule has 4 nitrogen and oxygen atoms in total. The van der Waals surface area contributed by atoms with Crippen LogP contribution in [0, 0.1) is 0 Å². The number of nitrogens with zero attached hydrogens (tertiary/aromatic N) is 1. The number of halogens is 1. The third-order valence-electron chi connectivity index (χ3n) is 4.98. The molecule has 1 unspecified atom stereocenters. The summed E-state index contributed by atoms with van der Waals surface area (Å²) in [5.41, 5.74) is 3.79. The van der Waals surface area contributed by atoms with Crippen LogP contribution in [0.15, 0.2) is 90.5 Å². The van der Waals surface area contributed by atoms with E-state index < -0.39 is 6.10 Å². The minimum Gasteiger partial charge on any atom is -0.359 e. The van der Waals surface area contributed by atoms with E-state index in [4.69, 9.17) is 4.74 Å². The van der Waals surface area contributed by atoms with Crippen molar-refractivity contribution in [3.63, 3.8) is 0 Å². The first kappa shape index (κ1) is 20.3. The zero-order chi connectivity index (χ0) is 20.9. The Morgan fingerprint density at radius 3 is 2.10 bits per heavy atom. The number of hydrogen-bond acceptors (Lipinski definition) is 3. The molecule has 1 saturated heterocycles. The lowest BCUT2D eigenvalue weighted by Gasteiger charge is -2.15. The summed E-state index contributed by atoms with van der Waals surface area (Å²) < 4.78 is 6.05. The van der Waals surface area contributed by atoms with Gasteiger partial charge in [-0.05, 0) is 34.9 Å². The molecule has 0 spiro atoms. The van der Waals surface area contributed by atoms with Gasteiger partial charge in [0.05, 0.1) is 17.9 Å². The zero-order valence-corrected chi connectivity index (χ0v) is 17.8. The van der Waals surface area contributed by atoms with E-state index in [9.17, 15) is 9.59 Å². The molecule has 1 aliphatic heterocycles. The van der Waals surface area contributed by atoms with Crippen LogP contribution in [0.25, 0.3) is 6.08 Å². The van der Waals surface area contributed by atoms with Crippen molar-refractivity contribution in [2.75, 3.05) is 4.90 Å². The first-order chi connectivity index (χ1) is 14.7. The van der Waals surface area contributed by atoms with Crippen LogP contribution < -0.4 is 4.90 Å². The topological polar surface area (TPSA) is 46.6 Å². The molecule has 5 heteroatoms. The Hall–Kier alpha value is -3.02. The minimum atomic E-state index is -0.957. The molecule has 0 N–H and O–H groups in total. The van der Waals surface area contributed by atoms with E-state index in [1.54, 1.807) is 30.3 Å². The molecule has 150 valence electrons. The summed E-state index contributed by atoms with van der Waals surface area (Å²) in [5, 5.41) is 0.687. The fraction of sp³-hybridized carbons (Fsp3) is 0.120. The number of benzene rings is 3. The first-order valence-corrected chi connectivity index (χ1v) is 10.8. The summed E-state index contributed by atoms with van der Waals surface area (Å²) in [6, 6.07) is 26.3. The SMILES string of the molecule is O=C1/C(=C\c2ccccc2)C(OCc2ccccc2CBr)C(=O)N1c1ccccc1. The predicted molar refractivity (Wildman–Crippen MR) is 121 cm³/mol. The third kappa shape index (κ3) is 4.13. The molecule has 0 saturated carbocycles. The van der Waals surface area contributed by atoms with E-state index in [-0.39, 0.29) is 18.4 Å². The Labute approximate surface area is 183 Å². The van der Waals surface area contributed by atoms with Gasteiger partial charge in [-0.1, -0.05) is 88.7 Å². The molecule has 1 heterocycles. The number of rotatable bonds is 6. The lowest BCUT2D eigenvalue weighted by molar-refractivity contribution is -0.126. The van der Waals surface area contributed by atoms with Crippen molar-refractivity contribution in [1.82, 2.24) is 0 Å². The monoisotopic (exact) mass is 461 g/mol. The molecule has 0 radical (unpaired) electrons. The quantitative estimate of drug-likeness (QED) is 0.290. The Bertz CT molecular complexity index is 1080. The van der Waals surface area contributed by atoms with Gasteiger partial charge in [-0.15, -0.1) is 0 Å². The molecule has 1 aliphatic rings. The second-order valence-corrected chi connectivity index (χ2v) is 7.48. The Kier molecular flexibility index (Phi) is 6.21. The molecule has 2 amide bonds. The second-order valence-electron chi connectivity index (χ2n) is 6.92. The normalized spacial score (nSPS) is 17.7. The van der Waals surface area contributed by atoms with Gasteiger partial charge >= 0.3 is 0 Å². The zero-order valence-electron chi connectivity index (χ0n) is 16.2. The van der Waals surface area contributed by atoms with Crippen LogP contribution in [0.1, 0.15) is 16.7 Å². The van der Waals surface area contributed by atoms with Gasteiger partial charge in [0.25, 0.3) is 11.8 Å². The van der Waals surface area contributed by atoms with Crippen molar-refractivity contribution < 1.29 is 14.3 Å². The van der Waals surface area contributed by atoms with E-state index in [1.807, 2.05) is 60.7 Å². The average Bonchev–Trinajstić information content (AvgIpc) is 3.02. The average molecular weight is 462 g/mol. The molecule has 0 aromatic heterocycles. The summed E-state index contributed by atoms with van der Waals surface area (Å²) in [4.78, 5) is 27.6. The van der Waals surface area contributed by atoms with E-state index >= 15 is 0 Å². The maximum Gasteiger partial charge on any atom is 0.268 e. The fourth-order valence-electron chi connectivity index (χ4n) is 3.44. The van der Waals surface area contributed by atoms with Crippen molar-refractivity contribution in [3.05, 3.63) is 107 Å². The number of amides is 2.